The minimum absolute atomic E-state index is 0.227. The van der Waals surface area contributed by atoms with Gasteiger partial charge < -0.3 is 25.1 Å². The minimum Gasteiger partial charge on any atom is -0.492 e. The molecule has 180 valence electrons. The fraction of sp³-hybridized carbons (Fsp3) is 0.192. The van der Waals surface area contributed by atoms with Crippen LogP contribution in [0.25, 0.3) is 11.6 Å². The SMILES string of the molecule is COC(=O)c1ccc(OCCNC(=O)c2c(C)[nH]c(/C=C3\C(=O)Nc4ccc(F)cc43)c2C)cc1. The van der Waals surface area contributed by atoms with Crippen LogP contribution in [0.1, 0.15) is 43.2 Å². The first-order chi connectivity index (χ1) is 16.8. The largest absolute Gasteiger partial charge is 0.492 e. The van der Waals surface area contributed by atoms with Crippen LogP contribution in [0.5, 0.6) is 5.75 Å². The van der Waals surface area contributed by atoms with Crippen LogP contribution in [0.15, 0.2) is 42.5 Å². The summed E-state index contributed by atoms with van der Waals surface area (Å²) < 4.78 is 24.0. The van der Waals surface area contributed by atoms with E-state index in [-0.39, 0.29) is 25.0 Å². The van der Waals surface area contributed by atoms with Crippen LogP contribution >= 0.6 is 0 Å². The van der Waals surface area contributed by atoms with E-state index in [1.807, 2.05) is 0 Å². The van der Waals surface area contributed by atoms with E-state index in [0.717, 1.165) is 0 Å². The predicted molar refractivity (Wildman–Crippen MR) is 129 cm³/mol. The molecule has 1 aliphatic rings. The van der Waals surface area contributed by atoms with Gasteiger partial charge in [0.25, 0.3) is 11.8 Å². The average Bonchev–Trinajstić information content (AvgIpc) is 3.30. The summed E-state index contributed by atoms with van der Waals surface area (Å²) in [5.74, 6) is -0.928. The molecule has 35 heavy (non-hydrogen) atoms. The van der Waals surface area contributed by atoms with Crippen molar-refractivity contribution in [3.05, 3.63) is 81.9 Å². The molecule has 0 bridgehead atoms. The van der Waals surface area contributed by atoms with Crippen LogP contribution in [-0.2, 0) is 9.53 Å². The Bertz CT molecular complexity index is 1340. The summed E-state index contributed by atoms with van der Waals surface area (Å²) >= 11 is 0. The zero-order valence-corrected chi connectivity index (χ0v) is 19.5. The number of ether oxygens (including phenoxy) is 2. The maximum atomic E-state index is 13.7. The van der Waals surface area contributed by atoms with E-state index < -0.39 is 11.8 Å². The Hall–Kier alpha value is -4.40. The average molecular weight is 477 g/mol. The number of H-pyrrole nitrogens is 1. The number of carbonyl (C=O) groups is 3. The maximum Gasteiger partial charge on any atom is 0.337 e. The second kappa shape index (κ2) is 9.84. The first-order valence-electron chi connectivity index (χ1n) is 10.9. The molecule has 0 spiro atoms. The smallest absolute Gasteiger partial charge is 0.337 e. The maximum absolute atomic E-state index is 13.7. The summed E-state index contributed by atoms with van der Waals surface area (Å²) in [7, 11) is 1.31. The topological polar surface area (TPSA) is 110 Å². The van der Waals surface area contributed by atoms with Gasteiger partial charge in [-0.2, -0.15) is 0 Å². The molecule has 1 aliphatic heterocycles. The zero-order valence-electron chi connectivity index (χ0n) is 19.5. The molecule has 0 aliphatic carbocycles. The molecule has 0 saturated heterocycles. The van der Waals surface area contributed by atoms with Crippen molar-refractivity contribution in [3.63, 3.8) is 0 Å². The monoisotopic (exact) mass is 477 g/mol. The molecule has 2 amide bonds. The van der Waals surface area contributed by atoms with Gasteiger partial charge in [-0.05, 0) is 68.0 Å². The van der Waals surface area contributed by atoms with Gasteiger partial charge in [-0.3, -0.25) is 9.59 Å². The number of carbonyl (C=O) groups excluding carboxylic acids is 3. The Labute approximate surface area is 201 Å². The lowest BCUT2D eigenvalue weighted by Gasteiger charge is -2.09. The lowest BCUT2D eigenvalue weighted by Crippen LogP contribution is -2.28. The summed E-state index contributed by atoms with van der Waals surface area (Å²) in [6, 6.07) is 10.6. The molecule has 1 aromatic heterocycles. The number of aromatic amines is 1. The lowest BCUT2D eigenvalue weighted by molar-refractivity contribution is -0.110. The number of nitrogens with one attached hydrogen (secondary N) is 3. The number of halogens is 1. The van der Waals surface area contributed by atoms with E-state index in [0.29, 0.717) is 50.7 Å². The summed E-state index contributed by atoms with van der Waals surface area (Å²) in [6.07, 6.45) is 1.63. The van der Waals surface area contributed by atoms with Gasteiger partial charge in [-0.1, -0.05) is 0 Å². The van der Waals surface area contributed by atoms with Gasteiger partial charge in [0.05, 0.1) is 30.4 Å². The quantitative estimate of drug-likeness (QED) is 0.272. The standard InChI is InChI=1S/C26H24FN3O5/c1-14-22(13-20-19-12-17(27)6-9-21(19)30-24(20)31)29-15(2)23(14)25(32)28-10-11-35-18-7-4-16(5-8-18)26(33)34-3/h4-9,12-13,29H,10-11H2,1-3H3,(H,28,32)(H,30,31)/b20-13-. The van der Waals surface area contributed by atoms with Gasteiger partial charge in [0.1, 0.15) is 18.2 Å². The number of aryl methyl sites for hydroxylation is 1. The highest BCUT2D eigenvalue weighted by atomic mass is 19.1. The van der Waals surface area contributed by atoms with Crippen LogP contribution in [-0.4, -0.2) is 43.0 Å². The number of hydrogen-bond donors (Lipinski definition) is 3. The molecule has 4 rings (SSSR count). The second-order valence-electron chi connectivity index (χ2n) is 7.99. The van der Waals surface area contributed by atoms with Crippen molar-refractivity contribution in [2.75, 3.05) is 25.6 Å². The molecule has 3 N–H and O–H groups in total. The molecule has 3 aromatic rings. The van der Waals surface area contributed by atoms with Crippen LogP contribution in [0.3, 0.4) is 0 Å². The number of amides is 2. The number of anilines is 1. The number of esters is 1. The van der Waals surface area contributed by atoms with E-state index in [1.54, 1.807) is 44.2 Å². The molecule has 9 heteroatoms. The van der Waals surface area contributed by atoms with E-state index in [9.17, 15) is 18.8 Å². The first kappa shape index (κ1) is 23.7. The first-order valence-corrected chi connectivity index (χ1v) is 10.9. The van der Waals surface area contributed by atoms with E-state index in [4.69, 9.17) is 4.74 Å². The second-order valence-corrected chi connectivity index (χ2v) is 7.99. The van der Waals surface area contributed by atoms with Gasteiger partial charge in [-0.15, -0.1) is 0 Å². The molecular formula is C26H24FN3O5. The number of rotatable bonds is 7. The number of methoxy groups -OCH3 is 1. The van der Waals surface area contributed by atoms with Crippen LogP contribution in [0, 0.1) is 19.7 Å². The fourth-order valence-electron chi connectivity index (χ4n) is 3.93. The normalized spacial score (nSPS) is 13.4. The van der Waals surface area contributed by atoms with Gasteiger partial charge in [-0.25, -0.2) is 9.18 Å². The van der Waals surface area contributed by atoms with E-state index >= 15 is 0 Å². The lowest BCUT2D eigenvalue weighted by atomic mass is 10.0. The molecular weight excluding hydrogens is 453 g/mol. The van der Waals surface area contributed by atoms with Crippen molar-refractivity contribution >= 4 is 35.1 Å². The van der Waals surface area contributed by atoms with Crippen molar-refractivity contribution in [2.24, 2.45) is 0 Å². The summed E-state index contributed by atoms with van der Waals surface area (Å²) in [5, 5.41) is 5.53. The van der Waals surface area contributed by atoms with Crippen LogP contribution in [0.4, 0.5) is 10.1 Å². The minimum atomic E-state index is -0.438. The molecule has 8 nitrogen and oxygen atoms in total. The molecule has 0 saturated carbocycles. The number of aromatic nitrogens is 1. The zero-order chi connectivity index (χ0) is 25.1. The Kier molecular flexibility index (Phi) is 6.68. The highest BCUT2D eigenvalue weighted by molar-refractivity contribution is 6.34. The third-order valence-electron chi connectivity index (χ3n) is 5.69. The number of benzene rings is 2. The van der Waals surface area contributed by atoms with Crippen molar-refractivity contribution < 1.29 is 28.2 Å². The third-order valence-corrected chi connectivity index (χ3v) is 5.69. The molecule has 0 atom stereocenters. The predicted octanol–water partition coefficient (Wildman–Crippen LogP) is 3.86. The Morgan fingerprint density at radius 3 is 2.57 bits per heavy atom. The van der Waals surface area contributed by atoms with Crippen molar-refractivity contribution in [1.82, 2.24) is 10.3 Å². The van der Waals surface area contributed by atoms with Crippen molar-refractivity contribution in [1.29, 1.82) is 0 Å². The summed E-state index contributed by atoms with van der Waals surface area (Å²) in [6.45, 7) is 4.04. The number of hydrogen-bond acceptors (Lipinski definition) is 5. The van der Waals surface area contributed by atoms with Gasteiger partial charge in [0.2, 0.25) is 0 Å². The molecule has 0 unspecified atom stereocenters. The van der Waals surface area contributed by atoms with E-state index in [1.165, 1.54) is 25.3 Å². The third kappa shape index (κ3) is 4.93. The molecule has 2 aromatic carbocycles. The molecule has 0 fully saturated rings. The highest BCUT2D eigenvalue weighted by Gasteiger charge is 2.26. The summed E-state index contributed by atoms with van der Waals surface area (Å²) in [4.78, 5) is 39.9. The molecule has 0 radical (unpaired) electrons. The van der Waals surface area contributed by atoms with E-state index in [2.05, 4.69) is 20.4 Å². The van der Waals surface area contributed by atoms with Crippen LogP contribution in [0.2, 0.25) is 0 Å². The van der Waals surface area contributed by atoms with Crippen molar-refractivity contribution in [3.8, 4) is 5.75 Å². The van der Waals surface area contributed by atoms with Gasteiger partial charge in [0.15, 0.2) is 0 Å². The fourth-order valence-corrected chi connectivity index (χ4v) is 3.93. The van der Waals surface area contributed by atoms with Crippen LogP contribution < -0.4 is 15.4 Å². The Morgan fingerprint density at radius 1 is 1.11 bits per heavy atom. The van der Waals surface area contributed by atoms with Gasteiger partial charge >= 0.3 is 5.97 Å². The highest BCUT2D eigenvalue weighted by Crippen LogP contribution is 2.34. The van der Waals surface area contributed by atoms with Crippen molar-refractivity contribution in [2.45, 2.75) is 13.8 Å². The van der Waals surface area contributed by atoms with Gasteiger partial charge in [0, 0.05) is 22.6 Å². The Balaban J connectivity index is 1.41. The molecule has 2 heterocycles. The Morgan fingerprint density at radius 2 is 1.86 bits per heavy atom. The number of fused-ring (bicyclic) bond motifs is 1. The summed E-state index contributed by atoms with van der Waals surface area (Å²) in [5.41, 5.74) is 4.14.